The van der Waals surface area contributed by atoms with Crippen molar-refractivity contribution in [3.05, 3.63) is 101 Å². The molecule has 2 N–H and O–H groups in total. The zero-order valence-corrected chi connectivity index (χ0v) is 20.4. The Kier molecular flexibility index (Phi) is 6.70. The van der Waals surface area contributed by atoms with Gasteiger partial charge in [0.1, 0.15) is 11.3 Å². The summed E-state index contributed by atoms with van der Waals surface area (Å²) in [5, 5.41) is 20.6. The SMILES string of the molecule is CC(C)(c1ccccc1)c1cc(C(=O)O)c(O)c(C(C)(C)c2ccccc2)c1.[Zn]. The fraction of sp³-hybridized carbons (Fsp3) is 0.240. The monoisotopic (exact) mass is 438 g/mol. The van der Waals surface area contributed by atoms with Gasteiger partial charge in [-0.25, -0.2) is 4.79 Å². The maximum Gasteiger partial charge on any atom is 0.339 e. The van der Waals surface area contributed by atoms with Gasteiger partial charge in [-0.3, -0.25) is 0 Å². The number of phenols is 1. The molecule has 0 heterocycles. The van der Waals surface area contributed by atoms with Gasteiger partial charge in [-0.05, 0) is 22.8 Å². The van der Waals surface area contributed by atoms with E-state index in [9.17, 15) is 15.0 Å². The Morgan fingerprint density at radius 2 is 1.17 bits per heavy atom. The van der Waals surface area contributed by atoms with Crippen LogP contribution in [0.15, 0.2) is 72.8 Å². The minimum absolute atomic E-state index is 0. The molecule has 29 heavy (non-hydrogen) atoms. The van der Waals surface area contributed by atoms with Gasteiger partial charge in [0.25, 0.3) is 0 Å². The molecule has 0 unspecified atom stereocenters. The molecule has 0 saturated carbocycles. The molecule has 0 aliphatic heterocycles. The molecule has 0 radical (unpaired) electrons. The largest absolute Gasteiger partial charge is 0.507 e. The van der Waals surface area contributed by atoms with Crippen molar-refractivity contribution in [2.24, 2.45) is 0 Å². The van der Waals surface area contributed by atoms with Crippen LogP contribution in [0.1, 0.15) is 60.3 Å². The number of carboxylic acid groups (broad SMARTS) is 1. The standard InChI is InChI=1S/C25H26O3.Zn/c1-24(2,17-11-7-5-8-12-17)19-15-20(23(27)28)22(26)21(16-19)25(3,4)18-13-9-6-10-14-18;/h5-16,26H,1-4H3,(H,27,28);. The summed E-state index contributed by atoms with van der Waals surface area (Å²) < 4.78 is 0. The second kappa shape index (κ2) is 8.51. The molecule has 0 aromatic heterocycles. The first-order valence-corrected chi connectivity index (χ1v) is 9.38. The van der Waals surface area contributed by atoms with Gasteiger partial charge >= 0.3 is 5.97 Å². The molecule has 3 aromatic rings. The van der Waals surface area contributed by atoms with Crippen LogP contribution in [-0.4, -0.2) is 16.2 Å². The van der Waals surface area contributed by atoms with Crippen LogP contribution in [0.2, 0.25) is 0 Å². The molecular formula is C25H26O3Zn. The van der Waals surface area contributed by atoms with Crippen molar-refractivity contribution in [2.75, 3.05) is 0 Å². The van der Waals surface area contributed by atoms with E-state index in [2.05, 4.69) is 13.8 Å². The van der Waals surface area contributed by atoms with Crippen LogP contribution in [0.5, 0.6) is 5.75 Å². The van der Waals surface area contributed by atoms with Gasteiger partial charge in [-0.2, -0.15) is 0 Å². The van der Waals surface area contributed by atoms with Crippen molar-refractivity contribution >= 4 is 5.97 Å². The van der Waals surface area contributed by atoms with Crippen LogP contribution in [0, 0.1) is 0 Å². The molecule has 0 saturated heterocycles. The first-order valence-electron chi connectivity index (χ1n) is 9.38. The third-order valence-corrected chi connectivity index (χ3v) is 5.73. The third-order valence-electron chi connectivity index (χ3n) is 5.73. The number of aromatic carboxylic acids is 1. The second-order valence-electron chi connectivity index (χ2n) is 8.21. The van der Waals surface area contributed by atoms with E-state index in [4.69, 9.17) is 0 Å². The molecular weight excluding hydrogens is 414 g/mol. The summed E-state index contributed by atoms with van der Waals surface area (Å²) >= 11 is 0. The molecule has 0 amide bonds. The molecule has 0 fully saturated rings. The smallest absolute Gasteiger partial charge is 0.339 e. The maximum atomic E-state index is 11.9. The number of carbonyl (C=O) groups is 1. The van der Waals surface area contributed by atoms with Gasteiger partial charge in [0.05, 0.1) is 0 Å². The van der Waals surface area contributed by atoms with Gasteiger partial charge in [-0.1, -0.05) is 94.4 Å². The van der Waals surface area contributed by atoms with Crippen molar-refractivity contribution in [3.63, 3.8) is 0 Å². The summed E-state index contributed by atoms with van der Waals surface area (Å²) in [4.78, 5) is 11.9. The number of hydrogen-bond acceptors (Lipinski definition) is 2. The van der Waals surface area contributed by atoms with E-state index in [1.807, 2.05) is 80.6 Å². The summed E-state index contributed by atoms with van der Waals surface area (Å²) in [6.07, 6.45) is 0. The first kappa shape index (κ1) is 22.8. The summed E-state index contributed by atoms with van der Waals surface area (Å²) in [5.41, 5.74) is 2.52. The number of aromatic hydroxyl groups is 1. The van der Waals surface area contributed by atoms with Crippen LogP contribution in [0.4, 0.5) is 0 Å². The normalized spacial score (nSPS) is 11.6. The van der Waals surface area contributed by atoms with Gasteiger partial charge in [0, 0.05) is 35.9 Å². The second-order valence-corrected chi connectivity index (χ2v) is 8.21. The van der Waals surface area contributed by atoms with Crippen LogP contribution in [0.3, 0.4) is 0 Å². The molecule has 0 atom stereocenters. The van der Waals surface area contributed by atoms with Crippen LogP contribution < -0.4 is 0 Å². The van der Waals surface area contributed by atoms with E-state index in [-0.39, 0.29) is 30.8 Å². The Morgan fingerprint density at radius 1 is 0.724 bits per heavy atom. The average Bonchev–Trinajstić information content (AvgIpc) is 2.69. The van der Waals surface area contributed by atoms with Crippen LogP contribution in [0.25, 0.3) is 0 Å². The molecule has 3 rings (SSSR count). The zero-order chi connectivity index (χ0) is 20.5. The first-order chi connectivity index (χ1) is 13.2. The Balaban J connectivity index is 0.00000300. The third kappa shape index (κ3) is 4.28. The van der Waals surface area contributed by atoms with Crippen molar-refractivity contribution in [2.45, 2.75) is 38.5 Å². The molecule has 3 aromatic carbocycles. The summed E-state index contributed by atoms with van der Waals surface area (Å²) in [5.74, 6) is -1.30. The van der Waals surface area contributed by atoms with Crippen molar-refractivity contribution in [1.29, 1.82) is 0 Å². The summed E-state index contributed by atoms with van der Waals surface area (Å²) in [7, 11) is 0. The molecule has 0 spiro atoms. The topological polar surface area (TPSA) is 57.5 Å². The Labute approximate surface area is 185 Å². The predicted octanol–water partition coefficient (Wildman–Crippen LogP) is 5.74. The summed E-state index contributed by atoms with van der Waals surface area (Å²) in [6, 6.07) is 23.4. The predicted molar refractivity (Wildman–Crippen MR) is 112 cm³/mol. The minimum atomic E-state index is -1.13. The maximum absolute atomic E-state index is 11.9. The van der Waals surface area contributed by atoms with E-state index >= 15 is 0 Å². The van der Waals surface area contributed by atoms with Gasteiger partial charge in [0.15, 0.2) is 0 Å². The van der Waals surface area contributed by atoms with E-state index in [1.54, 1.807) is 6.07 Å². The van der Waals surface area contributed by atoms with Gasteiger partial charge < -0.3 is 10.2 Å². The molecule has 0 aliphatic carbocycles. The minimum Gasteiger partial charge on any atom is -0.507 e. The Morgan fingerprint density at radius 3 is 1.62 bits per heavy atom. The molecule has 4 heteroatoms. The van der Waals surface area contributed by atoms with Gasteiger partial charge in [-0.15, -0.1) is 0 Å². The molecule has 0 bridgehead atoms. The zero-order valence-electron chi connectivity index (χ0n) is 17.4. The van der Waals surface area contributed by atoms with E-state index in [0.717, 1.165) is 16.7 Å². The fourth-order valence-corrected chi connectivity index (χ4v) is 3.67. The van der Waals surface area contributed by atoms with Crippen molar-refractivity contribution in [3.8, 4) is 5.75 Å². The fourth-order valence-electron chi connectivity index (χ4n) is 3.67. The molecule has 146 valence electrons. The quantitative estimate of drug-likeness (QED) is 0.498. The van der Waals surface area contributed by atoms with Crippen LogP contribution >= 0.6 is 0 Å². The van der Waals surface area contributed by atoms with E-state index < -0.39 is 16.8 Å². The van der Waals surface area contributed by atoms with E-state index in [0.29, 0.717) is 5.56 Å². The summed E-state index contributed by atoms with van der Waals surface area (Å²) in [6.45, 7) is 8.14. The van der Waals surface area contributed by atoms with Crippen molar-refractivity contribution < 1.29 is 34.5 Å². The number of benzene rings is 3. The Bertz CT molecular complexity index is 993. The number of rotatable bonds is 5. The Hall–Kier alpha value is -2.45. The van der Waals surface area contributed by atoms with Crippen molar-refractivity contribution in [1.82, 2.24) is 0 Å². The van der Waals surface area contributed by atoms with Gasteiger partial charge in [0.2, 0.25) is 0 Å². The average molecular weight is 440 g/mol. The molecule has 3 nitrogen and oxygen atoms in total. The number of hydrogen-bond donors (Lipinski definition) is 2. The molecule has 0 aliphatic rings. The van der Waals surface area contributed by atoms with E-state index in [1.165, 1.54) is 0 Å². The number of carboxylic acids is 1. The van der Waals surface area contributed by atoms with Crippen LogP contribution in [-0.2, 0) is 30.3 Å².